The Morgan fingerprint density at radius 1 is 1.20 bits per heavy atom. The summed E-state index contributed by atoms with van der Waals surface area (Å²) in [6, 6.07) is 8.40. The first kappa shape index (κ1) is 21.6. The molecule has 0 aliphatic heterocycles. The van der Waals surface area contributed by atoms with Gasteiger partial charge in [0, 0.05) is 41.1 Å². The van der Waals surface area contributed by atoms with Crippen molar-refractivity contribution in [3.8, 4) is 0 Å². The lowest BCUT2D eigenvalue weighted by Crippen LogP contribution is -2.24. The van der Waals surface area contributed by atoms with Gasteiger partial charge in [0.05, 0.1) is 11.1 Å². The van der Waals surface area contributed by atoms with Gasteiger partial charge in [-0.25, -0.2) is 0 Å². The van der Waals surface area contributed by atoms with Crippen LogP contribution in [0.25, 0.3) is 21.8 Å². The zero-order valence-corrected chi connectivity index (χ0v) is 16.7. The van der Waals surface area contributed by atoms with E-state index in [1.165, 1.54) is 24.3 Å². The summed E-state index contributed by atoms with van der Waals surface area (Å²) in [5.41, 5.74) is 11.0. The van der Waals surface area contributed by atoms with Crippen molar-refractivity contribution in [2.75, 3.05) is 13.2 Å². The van der Waals surface area contributed by atoms with E-state index in [-0.39, 0.29) is 23.0 Å². The number of ether oxygens (including phenoxy) is 1. The van der Waals surface area contributed by atoms with Gasteiger partial charge in [-0.2, -0.15) is 18.2 Å². The van der Waals surface area contributed by atoms with Crippen LogP contribution >= 0.6 is 0 Å². The van der Waals surface area contributed by atoms with E-state index in [4.69, 9.17) is 16.2 Å². The first-order valence-electron chi connectivity index (χ1n) is 9.50. The summed E-state index contributed by atoms with van der Waals surface area (Å²) in [6.07, 6.45) is -3.92. The van der Waals surface area contributed by atoms with E-state index in [2.05, 4.69) is 4.99 Å². The number of halogens is 3. The molecule has 160 valence electrons. The molecule has 3 rings (SSSR count). The molecule has 0 bridgehead atoms. The topological polar surface area (TPSA) is 95.6 Å². The third-order valence-corrected chi connectivity index (χ3v) is 4.94. The van der Waals surface area contributed by atoms with Gasteiger partial charge in [-0.3, -0.25) is 4.79 Å². The molecule has 0 spiro atoms. The Morgan fingerprint density at radius 2 is 1.93 bits per heavy atom. The number of rotatable bonds is 6. The number of hydrogen-bond acceptors (Lipinski definition) is 2. The number of nitrogens with zero attached hydrogens (tertiary/aromatic N) is 2. The van der Waals surface area contributed by atoms with E-state index in [0.29, 0.717) is 36.1 Å². The van der Waals surface area contributed by atoms with Crippen LogP contribution < -0.4 is 11.5 Å². The van der Waals surface area contributed by atoms with Crippen LogP contribution in [0.5, 0.6) is 0 Å². The second-order valence-corrected chi connectivity index (χ2v) is 6.98. The summed E-state index contributed by atoms with van der Waals surface area (Å²) < 4.78 is 48.4. The summed E-state index contributed by atoms with van der Waals surface area (Å²) in [7, 11) is 0. The Bertz CT molecular complexity index is 1110. The molecular weight excluding hydrogens is 397 g/mol. The lowest BCUT2D eigenvalue weighted by molar-refractivity contribution is -0.136. The molecule has 0 saturated carbocycles. The number of aromatic nitrogens is 1. The van der Waals surface area contributed by atoms with Gasteiger partial charge in [0.15, 0.2) is 5.96 Å². The van der Waals surface area contributed by atoms with E-state index in [1.807, 2.05) is 18.4 Å². The Morgan fingerprint density at radius 3 is 2.57 bits per heavy atom. The predicted octanol–water partition coefficient (Wildman–Crippen LogP) is 4.21. The molecule has 6 nitrogen and oxygen atoms in total. The van der Waals surface area contributed by atoms with Crippen LogP contribution in [0.2, 0.25) is 0 Å². The van der Waals surface area contributed by atoms with Gasteiger partial charge < -0.3 is 20.8 Å². The molecule has 4 N–H and O–H groups in total. The molecule has 1 heterocycles. The van der Waals surface area contributed by atoms with Crippen LogP contribution in [0, 0.1) is 0 Å². The number of carbonyl (C=O) groups excluding carboxylic acids is 1. The van der Waals surface area contributed by atoms with Crippen molar-refractivity contribution in [2.45, 2.75) is 32.5 Å². The van der Waals surface area contributed by atoms with Gasteiger partial charge in [0.2, 0.25) is 0 Å². The van der Waals surface area contributed by atoms with Crippen LogP contribution in [0.15, 0.2) is 41.4 Å². The molecule has 0 fully saturated rings. The molecule has 3 aromatic rings. The highest BCUT2D eigenvalue weighted by Gasteiger charge is 2.34. The highest BCUT2D eigenvalue weighted by molar-refractivity contribution is 6.12. The molecular formula is C21H23F3N4O2. The number of guanidine groups is 1. The second-order valence-electron chi connectivity index (χ2n) is 6.98. The maximum absolute atomic E-state index is 13.7. The van der Waals surface area contributed by atoms with E-state index >= 15 is 0 Å². The summed E-state index contributed by atoms with van der Waals surface area (Å²) in [5.74, 6) is -1.04. The summed E-state index contributed by atoms with van der Waals surface area (Å²) >= 11 is 0. The maximum atomic E-state index is 13.7. The fourth-order valence-corrected chi connectivity index (χ4v) is 3.65. The zero-order valence-electron chi connectivity index (χ0n) is 16.7. The summed E-state index contributed by atoms with van der Waals surface area (Å²) in [4.78, 5) is 15.8. The smallest absolute Gasteiger partial charge is 0.382 e. The minimum atomic E-state index is -4.51. The fourth-order valence-electron chi connectivity index (χ4n) is 3.65. The van der Waals surface area contributed by atoms with E-state index < -0.39 is 17.6 Å². The molecule has 1 amide bonds. The van der Waals surface area contributed by atoms with Crippen molar-refractivity contribution in [2.24, 2.45) is 16.5 Å². The number of hydrogen-bond donors (Lipinski definition) is 2. The molecule has 0 aliphatic carbocycles. The number of nitrogens with two attached hydrogens (primary N) is 2. The number of fused-ring (bicyclic) bond motifs is 3. The average molecular weight is 420 g/mol. The molecule has 1 aromatic heterocycles. The Balaban J connectivity index is 2.30. The monoisotopic (exact) mass is 420 g/mol. The molecule has 1 unspecified atom stereocenters. The highest BCUT2D eigenvalue weighted by Crippen LogP contribution is 2.41. The third kappa shape index (κ3) is 4.11. The van der Waals surface area contributed by atoms with E-state index in [0.717, 1.165) is 6.07 Å². The minimum absolute atomic E-state index is 0.101. The van der Waals surface area contributed by atoms with Gasteiger partial charge in [0.25, 0.3) is 5.91 Å². The second kappa shape index (κ2) is 8.35. The number of amides is 1. The van der Waals surface area contributed by atoms with E-state index in [9.17, 15) is 18.0 Å². The zero-order chi connectivity index (χ0) is 22.1. The Hall–Kier alpha value is -3.07. The van der Waals surface area contributed by atoms with Crippen LogP contribution in [-0.2, 0) is 10.9 Å². The average Bonchev–Trinajstić information content (AvgIpc) is 3.00. The van der Waals surface area contributed by atoms with Gasteiger partial charge in [0.1, 0.15) is 0 Å². The molecule has 0 aliphatic rings. The molecule has 1 atom stereocenters. The number of carbonyl (C=O) groups is 1. The minimum Gasteiger partial charge on any atom is -0.382 e. The quantitative estimate of drug-likeness (QED) is 0.355. The van der Waals surface area contributed by atoms with Gasteiger partial charge in [-0.15, -0.1) is 0 Å². The van der Waals surface area contributed by atoms with Crippen molar-refractivity contribution in [1.82, 2.24) is 4.57 Å². The molecule has 2 aromatic carbocycles. The third-order valence-electron chi connectivity index (χ3n) is 4.94. The molecule has 9 heteroatoms. The standard InChI is InChI=1S/C21H23F3N4O2/c1-3-30-10-9-12(2)28-16-6-4-5-15(21(22,23)24)18(16)14-8-7-13(11-17(14)28)19(29)27-20(25)26/h4-8,11-12H,3,9-10H2,1-2H3,(H4,25,26,27,29). The Kier molecular flexibility index (Phi) is 6.02. The molecule has 30 heavy (non-hydrogen) atoms. The van der Waals surface area contributed by atoms with Crippen molar-refractivity contribution >= 4 is 33.7 Å². The van der Waals surface area contributed by atoms with Crippen LogP contribution in [-0.4, -0.2) is 29.6 Å². The largest absolute Gasteiger partial charge is 0.417 e. The van der Waals surface area contributed by atoms with Crippen molar-refractivity contribution in [3.63, 3.8) is 0 Å². The summed E-state index contributed by atoms with van der Waals surface area (Å²) in [5, 5.41) is 0.506. The number of benzene rings is 2. The van der Waals surface area contributed by atoms with Crippen molar-refractivity contribution in [1.29, 1.82) is 0 Å². The van der Waals surface area contributed by atoms with Crippen molar-refractivity contribution in [3.05, 3.63) is 47.5 Å². The van der Waals surface area contributed by atoms with E-state index in [1.54, 1.807) is 6.07 Å². The fraction of sp³-hybridized carbons (Fsp3) is 0.333. The normalized spacial score (nSPS) is 13.0. The Labute approximate surface area is 171 Å². The highest BCUT2D eigenvalue weighted by atomic mass is 19.4. The van der Waals surface area contributed by atoms with Crippen LogP contribution in [0.1, 0.15) is 42.2 Å². The SMILES string of the molecule is CCOCCC(C)n1c2cc(C(=O)N=C(N)N)ccc2c2c(C(F)(F)F)cccc21. The summed E-state index contributed by atoms with van der Waals surface area (Å²) in [6.45, 7) is 4.80. The van der Waals surface area contributed by atoms with Crippen LogP contribution in [0.4, 0.5) is 13.2 Å². The maximum Gasteiger partial charge on any atom is 0.417 e. The lowest BCUT2D eigenvalue weighted by Gasteiger charge is -2.17. The first-order valence-corrected chi connectivity index (χ1v) is 9.50. The van der Waals surface area contributed by atoms with Gasteiger partial charge in [-0.05, 0) is 44.5 Å². The van der Waals surface area contributed by atoms with Crippen LogP contribution in [0.3, 0.4) is 0 Å². The molecule has 0 saturated heterocycles. The molecule has 0 radical (unpaired) electrons. The lowest BCUT2D eigenvalue weighted by atomic mass is 10.0. The first-order chi connectivity index (χ1) is 14.1. The number of aliphatic imine (C=N–C) groups is 1. The predicted molar refractivity (Wildman–Crippen MR) is 110 cm³/mol. The van der Waals surface area contributed by atoms with Gasteiger partial charge in [-0.1, -0.05) is 12.1 Å². The van der Waals surface area contributed by atoms with Gasteiger partial charge >= 0.3 is 6.18 Å². The van der Waals surface area contributed by atoms with Crippen molar-refractivity contribution < 1.29 is 22.7 Å². The number of alkyl halides is 3.